The molecule has 1 fully saturated rings. The maximum absolute atomic E-state index is 11.0. The summed E-state index contributed by atoms with van der Waals surface area (Å²) < 4.78 is 10.7. The second-order valence-electron chi connectivity index (χ2n) is 4.49. The molecule has 5 heteroatoms. The number of halogens is 1. The van der Waals surface area contributed by atoms with Gasteiger partial charge in [-0.25, -0.2) is 0 Å². The summed E-state index contributed by atoms with van der Waals surface area (Å²) >= 11 is 6.27. The van der Waals surface area contributed by atoms with Gasteiger partial charge in [-0.15, -0.1) is 0 Å². The number of carbonyl (C=O) groups is 1. The Morgan fingerprint density at radius 3 is 2.39 bits per heavy atom. The van der Waals surface area contributed by atoms with Crippen LogP contribution in [0.4, 0.5) is 0 Å². The molecule has 1 aliphatic carbocycles. The van der Waals surface area contributed by atoms with Crippen LogP contribution in [-0.2, 0) is 5.41 Å². The lowest BCUT2D eigenvalue weighted by atomic mass is 9.93. The summed E-state index contributed by atoms with van der Waals surface area (Å²) in [5.41, 5.74) is 6.95. The minimum Gasteiger partial charge on any atom is -0.492 e. The molecule has 0 aromatic heterocycles. The first kappa shape index (κ1) is 13.2. The van der Waals surface area contributed by atoms with Crippen molar-refractivity contribution >= 4 is 17.9 Å². The van der Waals surface area contributed by atoms with Crippen molar-refractivity contribution in [3.63, 3.8) is 0 Å². The van der Waals surface area contributed by atoms with Gasteiger partial charge < -0.3 is 15.2 Å². The number of aldehydes is 1. The minimum absolute atomic E-state index is 0.128. The molecule has 2 N–H and O–H groups in total. The number of carbonyl (C=O) groups excluding carboxylic acids is 1. The van der Waals surface area contributed by atoms with E-state index in [-0.39, 0.29) is 5.41 Å². The molecule has 0 heterocycles. The van der Waals surface area contributed by atoms with Crippen LogP contribution in [0.2, 0.25) is 5.02 Å². The first-order chi connectivity index (χ1) is 8.63. The molecule has 0 atom stereocenters. The summed E-state index contributed by atoms with van der Waals surface area (Å²) in [7, 11) is 3.05. The number of hydrogen-bond acceptors (Lipinski definition) is 4. The summed E-state index contributed by atoms with van der Waals surface area (Å²) in [4.78, 5) is 11.0. The zero-order valence-electron chi connectivity index (χ0n) is 10.5. The molecule has 1 saturated carbocycles. The first-order valence-corrected chi connectivity index (χ1v) is 6.11. The van der Waals surface area contributed by atoms with Crippen molar-refractivity contribution in [1.82, 2.24) is 0 Å². The highest BCUT2D eigenvalue weighted by Crippen LogP contribution is 2.55. The van der Waals surface area contributed by atoms with Crippen LogP contribution < -0.4 is 15.2 Å². The highest BCUT2D eigenvalue weighted by atomic mass is 35.5. The van der Waals surface area contributed by atoms with Gasteiger partial charge >= 0.3 is 0 Å². The van der Waals surface area contributed by atoms with Crippen LogP contribution in [0.25, 0.3) is 0 Å². The number of methoxy groups -OCH3 is 2. The molecule has 18 heavy (non-hydrogen) atoms. The highest BCUT2D eigenvalue weighted by molar-refractivity contribution is 6.32. The van der Waals surface area contributed by atoms with E-state index in [1.807, 2.05) is 0 Å². The summed E-state index contributed by atoms with van der Waals surface area (Å²) in [5.74, 6) is 0.946. The Morgan fingerprint density at radius 2 is 2.00 bits per heavy atom. The van der Waals surface area contributed by atoms with Crippen LogP contribution in [-0.4, -0.2) is 27.1 Å². The van der Waals surface area contributed by atoms with Crippen LogP contribution in [0, 0.1) is 0 Å². The van der Waals surface area contributed by atoms with Crippen molar-refractivity contribution < 1.29 is 14.3 Å². The monoisotopic (exact) mass is 269 g/mol. The van der Waals surface area contributed by atoms with E-state index in [0.29, 0.717) is 34.9 Å². The molecule has 98 valence electrons. The fourth-order valence-corrected chi connectivity index (χ4v) is 2.73. The molecule has 4 nitrogen and oxygen atoms in total. The summed E-state index contributed by atoms with van der Waals surface area (Å²) in [6, 6.07) is 1.61. The van der Waals surface area contributed by atoms with E-state index in [0.717, 1.165) is 18.4 Å². The van der Waals surface area contributed by atoms with E-state index in [4.69, 9.17) is 26.8 Å². The second-order valence-corrected chi connectivity index (χ2v) is 4.90. The predicted octanol–water partition coefficient (Wildman–Crippen LogP) is 2.16. The van der Waals surface area contributed by atoms with E-state index >= 15 is 0 Å². The number of benzene rings is 1. The van der Waals surface area contributed by atoms with Crippen LogP contribution in [0.1, 0.15) is 28.8 Å². The van der Waals surface area contributed by atoms with Crippen molar-refractivity contribution in [3.05, 3.63) is 22.2 Å². The lowest BCUT2D eigenvalue weighted by molar-refractivity contribution is 0.112. The van der Waals surface area contributed by atoms with E-state index in [9.17, 15) is 4.79 Å². The lowest BCUT2D eigenvalue weighted by Crippen LogP contribution is -2.21. The Bertz CT molecular complexity index is 484. The van der Waals surface area contributed by atoms with Crippen molar-refractivity contribution in [2.24, 2.45) is 5.73 Å². The molecule has 0 bridgehead atoms. The molecule has 0 spiro atoms. The average molecular weight is 270 g/mol. The maximum atomic E-state index is 11.0. The molecule has 0 unspecified atom stereocenters. The third-order valence-electron chi connectivity index (χ3n) is 3.53. The Hall–Kier alpha value is -1.26. The van der Waals surface area contributed by atoms with Crippen LogP contribution >= 0.6 is 11.6 Å². The van der Waals surface area contributed by atoms with E-state index < -0.39 is 0 Å². The quantitative estimate of drug-likeness (QED) is 0.832. The third kappa shape index (κ3) is 1.85. The fraction of sp³-hybridized carbons (Fsp3) is 0.462. The molecule has 0 radical (unpaired) electrons. The maximum Gasteiger partial charge on any atom is 0.171 e. The SMILES string of the molecule is COc1c(C=O)cc(Cl)c(C2(CN)CC2)c1OC. The number of ether oxygens (including phenoxy) is 2. The van der Waals surface area contributed by atoms with E-state index in [2.05, 4.69) is 0 Å². The summed E-state index contributed by atoms with van der Waals surface area (Å²) in [6.45, 7) is 0.507. The van der Waals surface area contributed by atoms with Gasteiger partial charge in [0.15, 0.2) is 17.8 Å². The van der Waals surface area contributed by atoms with Gasteiger partial charge in [0.05, 0.1) is 19.8 Å². The van der Waals surface area contributed by atoms with E-state index in [1.54, 1.807) is 13.2 Å². The van der Waals surface area contributed by atoms with Crippen molar-refractivity contribution in [2.45, 2.75) is 18.3 Å². The zero-order valence-corrected chi connectivity index (χ0v) is 11.2. The molecule has 0 saturated heterocycles. The number of rotatable bonds is 5. The number of hydrogen-bond donors (Lipinski definition) is 1. The highest BCUT2D eigenvalue weighted by Gasteiger charge is 2.47. The predicted molar refractivity (Wildman–Crippen MR) is 69.9 cm³/mol. The smallest absolute Gasteiger partial charge is 0.171 e. The van der Waals surface area contributed by atoms with Crippen molar-refractivity contribution in [2.75, 3.05) is 20.8 Å². The molecule has 1 aromatic rings. The van der Waals surface area contributed by atoms with Gasteiger partial charge in [0.2, 0.25) is 0 Å². The Labute approximate surface area is 111 Å². The average Bonchev–Trinajstić information content (AvgIpc) is 3.17. The van der Waals surface area contributed by atoms with Gasteiger partial charge in [-0.1, -0.05) is 11.6 Å². The molecule has 1 aliphatic rings. The molecular formula is C13H16ClNO3. The minimum atomic E-state index is -0.128. The van der Waals surface area contributed by atoms with Gasteiger partial charge in [0.1, 0.15) is 0 Å². The Kier molecular flexibility index (Phi) is 3.50. The second kappa shape index (κ2) is 4.78. The summed E-state index contributed by atoms with van der Waals surface area (Å²) in [5, 5.41) is 0.512. The Morgan fingerprint density at radius 1 is 1.39 bits per heavy atom. The van der Waals surface area contributed by atoms with Gasteiger partial charge in [-0.05, 0) is 18.9 Å². The first-order valence-electron chi connectivity index (χ1n) is 5.73. The normalized spacial score (nSPS) is 16.2. The molecule has 2 rings (SSSR count). The lowest BCUT2D eigenvalue weighted by Gasteiger charge is -2.21. The van der Waals surface area contributed by atoms with Crippen LogP contribution in [0.3, 0.4) is 0 Å². The molecular weight excluding hydrogens is 254 g/mol. The number of nitrogens with two attached hydrogens (primary N) is 1. The summed E-state index contributed by atoms with van der Waals surface area (Å²) in [6.07, 6.45) is 2.66. The van der Waals surface area contributed by atoms with Gasteiger partial charge in [-0.3, -0.25) is 4.79 Å². The third-order valence-corrected chi connectivity index (χ3v) is 3.82. The van der Waals surface area contributed by atoms with Gasteiger partial charge in [0.25, 0.3) is 0 Å². The van der Waals surface area contributed by atoms with E-state index in [1.165, 1.54) is 7.11 Å². The van der Waals surface area contributed by atoms with Gasteiger partial charge in [-0.2, -0.15) is 0 Å². The van der Waals surface area contributed by atoms with Gasteiger partial charge in [0, 0.05) is 22.5 Å². The fourth-order valence-electron chi connectivity index (χ4n) is 2.32. The Balaban J connectivity index is 2.69. The standard InChI is InChI=1S/C13H16ClNO3/c1-17-11-8(6-16)5-9(14)10(12(11)18-2)13(7-15)3-4-13/h5-6H,3-4,7,15H2,1-2H3. The molecule has 0 aliphatic heterocycles. The zero-order chi connectivity index (χ0) is 13.3. The molecule has 1 aromatic carbocycles. The van der Waals surface area contributed by atoms with Crippen LogP contribution in [0.5, 0.6) is 11.5 Å². The van der Waals surface area contributed by atoms with Crippen molar-refractivity contribution in [1.29, 1.82) is 0 Å². The largest absolute Gasteiger partial charge is 0.492 e. The molecule has 0 amide bonds. The topological polar surface area (TPSA) is 61.5 Å². The van der Waals surface area contributed by atoms with Crippen LogP contribution in [0.15, 0.2) is 6.07 Å². The van der Waals surface area contributed by atoms with Crippen molar-refractivity contribution in [3.8, 4) is 11.5 Å².